The molecule has 4 atom stereocenters. The van der Waals surface area contributed by atoms with E-state index in [2.05, 4.69) is 0 Å². The normalized spacial score (nSPS) is 34.5. The van der Waals surface area contributed by atoms with Gasteiger partial charge in [0.1, 0.15) is 5.75 Å². The summed E-state index contributed by atoms with van der Waals surface area (Å²) in [4.78, 5) is 26.9. The highest BCUT2D eigenvalue weighted by Crippen LogP contribution is 2.48. The van der Waals surface area contributed by atoms with Crippen LogP contribution in [0.2, 0.25) is 0 Å². The molecular formula is C16H19NO5. The largest absolute Gasteiger partial charge is 0.508 e. The topological polar surface area (TPSA) is 98.1 Å². The zero-order valence-corrected chi connectivity index (χ0v) is 12.3. The zero-order valence-electron chi connectivity index (χ0n) is 12.3. The predicted octanol–water partition coefficient (Wildman–Crippen LogP) is 0.873. The number of carbonyl (C=O) groups is 2. The molecule has 3 rings (SSSR count). The molecule has 0 aliphatic carbocycles. The fourth-order valence-electron chi connectivity index (χ4n) is 4.05. The summed E-state index contributed by atoms with van der Waals surface area (Å²) in [6, 6.07) is 5.10. The van der Waals surface area contributed by atoms with Crippen molar-refractivity contribution in [3.05, 3.63) is 29.8 Å². The number of Topliss-reactive ketones (excluding diaryl/α,β-unsaturated/α-hetero) is 1. The summed E-state index contributed by atoms with van der Waals surface area (Å²) in [7, 11) is 1.82. The Morgan fingerprint density at radius 1 is 1.23 bits per heavy atom. The second-order valence-corrected chi connectivity index (χ2v) is 6.21. The molecule has 6 heteroatoms. The Bertz CT molecular complexity index is 613. The molecule has 118 valence electrons. The maximum absolute atomic E-state index is 13.0. The number of phenols is 1. The fourth-order valence-corrected chi connectivity index (χ4v) is 4.05. The first kappa shape index (κ1) is 15.0. The summed E-state index contributed by atoms with van der Waals surface area (Å²) in [6.45, 7) is 0. The van der Waals surface area contributed by atoms with Gasteiger partial charge in [0.25, 0.3) is 0 Å². The number of benzene rings is 1. The van der Waals surface area contributed by atoms with Gasteiger partial charge in [-0.2, -0.15) is 0 Å². The summed E-state index contributed by atoms with van der Waals surface area (Å²) >= 11 is 0. The van der Waals surface area contributed by atoms with E-state index in [9.17, 15) is 24.9 Å². The van der Waals surface area contributed by atoms with Crippen LogP contribution in [0.25, 0.3) is 0 Å². The summed E-state index contributed by atoms with van der Waals surface area (Å²) in [6.07, 6.45) is 0.438. The molecule has 0 saturated carbocycles. The number of fused-ring (bicyclic) bond motifs is 2. The molecule has 2 fully saturated rings. The van der Waals surface area contributed by atoms with E-state index in [-0.39, 0.29) is 23.8 Å². The van der Waals surface area contributed by atoms with Gasteiger partial charge in [-0.15, -0.1) is 0 Å². The Morgan fingerprint density at radius 3 is 2.45 bits per heavy atom. The minimum atomic E-state index is -1.85. The molecule has 0 unspecified atom stereocenters. The van der Waals surface area contributed by atoms with E-state index < -0.39 is 29.3 Å². The van der Waals surface area contributed by atoms with Gasteiger partial charge in [-0.3, -0.25) is 14.5 Å². The minimum Gasteiger partial charge on any atom is -0.508 e. The quantitative estimate of drug-likeness (QED) is 0.566. The fraction of sp³-hybridized carbons (Fsp3) is 0.500. The second kappa shape index (κ2) is 5.07. The van der Waals surface area contributed by atoms with Gasteiger partial charge in [0, 0.05) is 17.6 Å². The van der Waals surface area contributed by atoms with Crippen LogP contribution in [-0.4, -0.2) is 57.2 Å². The summed E-state index contributed by atoms with van der Waals surface area (Å²) in [5, 5.41) is 29.7. The van der Waals surface area contributed by atoms with Gasteiger partial charge in [0.05, 0.1) is 6.10 Å². The maximum Gasteiger partial charge on any atom is 0.321 e. The van der Waals surface area contributed by atoms with Crippen molar-refractivity contribution in [3.63, 3.8) is 0 Å². The number of nitrogens with zero attached hydrogens (tertiary/aromatic N) is 1. The highest BCUT2D eigenvalue weighted by atomic mass is 16.4. The number of aromatic hydroxyl groups is 1. The van der Waals surface area contributed by atoms with E-state index in [1.165, 1.54) is 24.3 Å². The Balaban J connectivity index is 2.10. The number of aliphatic hydroxyl groups excluding tert-OH is 1. The zero-order chi connectivity index (χ0) is 16.1. The molecule has 2 heterocycles. The average Bonchev–Trinajstić information content (AvgIpc) is 2.74. The van der Waals surface area contributed by atoms with Crippen LogP contribution in [-0.2, 0) is 4.79 Å². The molecule has 2 bridgehead atoms. The third-order valence-electron chi connectivity index (χ3n) is 5.25. The maximum atomic E-state index is 13.0. The number of aliphatic carboxylic acids is 1. The first-order valence-corrected chi connectivity index (χ1v) is 7.36. The summed E-state index contributed by atoms with van der Waals surface area (Å²) < 4.78 is 0. The Morgan fingerprint density at radius 2 is 1.86 bits per heavy atom. The monoisotopic (exact) mass is 305 g/mol. The first-order chi connectivity index (χ1) is 10.4. The van der Waals surface area contributed by atoms with E-state index in [0.717, 1.165) is 6.42 Å². The number of hydrogen-bond donors (Lipinski definition) is 3. The van der Waals surface area contributed by atoms with Crippen molar-refractivity contribution in [3.8, 4) is 5.75 Å². The third kappa shape index (κ3) is 1.87. The van der Waals surface area contributed by atoms with Crippen LogP contribution in [0.5, 0.6) is 5.75 Å². The molecule has 2 aliphatic rings. The van der Waals surface area contributed by atoms with Crippen molar-refractivity contribution >= 4 is 11.8 Å². The smallest absolute Gasteiger partial charge is 0.321 e. The lowest BCUT2D eigenvalue weighted by Gasteiger charge is -2.46. The highest BCUT2D eigenvalue weighted by molar-refractivity contribution is 6.13. The van der Waals surface area contributed by atoms with Crippen molar-refractivity contribution in [1.82, 2.24) is 4.90 Å². The molecule has 3 N–H and O–H groups in total. The van der Waals surface area contributed by atoms with Crippen LogP contribution in [0, 0.1) is 5.41 Å². The Hall–Kier alpha value is -1.92. The number of carboxylic acids is 1. The van der Waals surface area contributed by atoms with Gasteiger partial charge >= 0.3 is 5.97 Å². The van der Waals surface area contributed by atoms with E-state index in [1.807, 2.05) is 11.9 Å². The molecular weight excluding hydrogens is 286 g/mol. The van der Waals surface area contributed by atoms with Gasteiger partial charge in [0.2, 0.25) is 0 Å². The third-order valence-corrected chi connectivity index (χ3v) is 5.25. The van der Waals surface area contributed by atoms with Crippen molar-refractivity contribution in [2.24, 2.45) is 5.41 Å². The lowest BCUT2D eigenvalue weighted by Crippen LogP contribution is -2.64. The minimum absolute atomic E-state index is 0.00293. The van der Waals surface area contributed by atoms with E-state index >= 15 is 0 Å². The lowest BCUT2D eigenvalue weighted by atomic mass is 9.67. The van der Waals surface area contributed by atoms with Crippen LogP contribution in [0.15, 0.2) is 24.3 Å². The molecule has 2 saturated heterocycles. The summed E-state index contributed by atoms with van der Waals surface area (Å²) in [5.74, 6) is -1.87. The lowest BCUT2D eigenvalue weighted by molar-refractivity contribution is -0.161. The number of piperidine rings is 1. The SMILES string of the molecule is CN1[C@H]2CC[C@@H]1[C@](C(=O)O)(C(=O)c1ccc(O)cc1)[C@@H](O)C2. The Kier molecular flexibility index (Phi) is 3.45. The Labute approximate surface area is 128 Å². The van der Waals surface area contributed by atoms with Gasteiger partial charge in [0.15, 0.2) is 11.2 Å². The van der Waals surface area contributed by atoms with Crippen LogP contribution in [0.3, 0.4) is 0 Å². The highest BCUT2D eigenvalue weighted by Gasteiger charge is 2.64. The average molecular weight is 305 g/mol. The number of carbonyl (C=O) groups excluding carboxylic acids is 1. The molecule has 1 aromatic rings. The van der Waals surface area contributed by atoms with Crippen molar-refractivity contribution in [2.45, 2.75) is 37.5 Å². The van der Waals surface area contributed by atoms with Crippen molar-refractivity contribution in [2.75, 3.05) is 7.05 Å². The van der Waals surface area contributed by atoms with Crippen LogP contribution < -0.4 is 0 Å². The standard InChI is InChI=1S/C16H19NO5/c1-17-10-4-7-12(17)16(15(21)22,13(19)8-10)14(20)9-2-5-11(18)6-3-9/h2-3,5-6,10,12-13,18-19H,4,7-8H2,1H3,(H,21,22)/t10-,12+,13-,16+/m0/s1. The van der Waals surface area contributed by atoms with Crippen molar-refractivity contribution in [1.29, 1.82) is 0 Å². The van der Waals surface area contributed by atoms with Gasteiger partial charge in [-0.1, -0.05) is 0 Å². The molecule has 2 aliphatic heterocycles. The number of aliphatic hydroxyl groups is 1. The number of carboxylic acid groups (broad SMARTS) is 1. The number of phenolic OH excluding ortho intramolecular Hbond substituents is 1. The molecule has 1 aromatic carbocycles. The van der Waals surface area contributed by atoms with Gasteiger partial charge < -0.3 is 15.3 Å². The molecule has 0 spiro atoms. The second-order valence-electron chi connectivity index (χ2n) is 6.21. The first-order valence-electron chi connectivity index (χ1n) is 7.36. The predicted molar refractivity (Wildman–Crippen MR) is 77.7 cm³/mol. The molecule has 0 radical (unpaired) electrons. The van der Waals surface area contributed by atoms with Crippen LogP contribution in [0.1, 0.15) is 29.6 Å². The molecule has 6 nitrogen and oxygen atoms in total. The van der Waals surface area contributed by atoms with Crippen LogP contribution in [0.4, 0.5) is 0 Å². The number of hydrogen-bond acceptors (Lipinski definition) is 5. The molecule has 0 aromatic heterocycles. The van der Waals surface area contributed by atoms with E-state index in [1.54, 1.807) is 0 Å². The molecule has 22 heavy (non-hydrogen) atoms. The van der Waals surface area contributed by atoms with Crippen molar-refractivity contribution < 1.29 is 24.9 Å². The van der Waals surface area contributed by atoms with Crippen LogP contribution >= 0.6 is 0 Å². The number of rotatable bonds is 3. The van der Waals surface area contributed by atoms with Gasteiger partial charge in [-0.25, -0.2) is 0 Å². The summed E-state index contributed by atoms with van der Waals surface area (Å²) in [5.41, 5.74) is -1.66. The van der Waals surface area contributed by atoms with E-state index in [4.69, 9.17) is 0 Å². The molecule has 0 amide bonds. The number of ketones is 1. The van der Waals surface area contributed by atoms with Gasteiger partial charge in [-0.05, 0) is 50.6 Å². The van der Waals surface area contributed by atoms with E-state index in [0.29, 0.717) is 6.42 Å².